The molecule has 2 N–H and O–H groups in total. The number of hydrogen-bond acceptors (Lipinski definition) is 3. The van der Waals surface area contributed by atoms with E-state index in [0.29, 0.717) is 25.2 Å². The van der Waals surface area contributed by atoms with Crippen LogP contribution in [-0.4, -0.2) is 63.7 Å². The van der Waals surface area contributed by atoms with Crippen LogP contribution in [0.5, 0.6) is 0 Å². The summed E-state index contributed by atoms with van der Waals surface area (Å²) in [6.07, 6.45) is 4.87. The summed E-state index contributed by atoms with van der Waals surface area (Å²) in [5.74, 6) is 0.707. The van der Waals surface area contributed by atoms with Crippen molar-refractivity contribution in [1.82, 2.24) is 15.5 Å². The van der Waals surface area contributed by atoms with Gasteiger partial charge in [-0.3, -0.25) is 4.79 Å². The molecule has 1 fully saturated rings. The summed E-state index contributed by atoms with van der Waals surface area (Å²) in [5, 5.41) is 6.57. The van der Waals surface area contributed by atoms with Crippen molar-refractivity contribution < 1.29 is 9.53 Å². The van der Waals surface area contributed by atoms with Crippen LogP contribution in [0.2, 0.25) is 0 Å². The SMILES string of the molecule is COCCNC(=NCC(=O)N(C)C)NC1CCCC1. The average molecular weight is 270 g/mol. The molecule has 0 aromatic rings. The highest BCUT2D eigenvalue weighted by atomic mass is 16.5. The molecule has 6 nitrogen and oxygen atoms in total. The van der Waals surface area contributed by atoms with Crippen molar-refractivity contribution in [2.24, 2.45) is 4.99 Å². The minimum Gasteiger partial charge on any atom is -0.383 e. The number of aliphatic imine (C=N–C) groups is 1. The Morgan fingerprint density at radius 3 is 2.63 bits per heavy atom. The van der Waals surface area contributed by atoms with Crippen molar-refractivity contribution >= 4 is 11.9 Å². The minimum absolute atomic E-state index is 0.000682. The molecule has 1 rings (SSSR count). The summed E-state index contributed by atoms with van der Waals surface area (Å²) in [7, 11) is 5.14. The van der Waals surface area contributed by atoms with Crippen molar-refractivity contribution in [3.05, 3.63) is 0 Å². The molecule has 0 bridgehead atoms. The molecule has 1 aliphatic carbocycles. The molecule has 0 unspecified atom stereocenters. The third-order valence-electron chi connectivity index (χ3n) is 3.17. The summed E-state index contributed by atoms with van der Waals surface area (Å²) in [6, 6.07) is 0.475. The van der Waals surface area contributed by atoms with Crippen molar-refractivity contribution in [2.75, 3.05) is 40.9 Å². The van der Waals surface area contributed by atoms with Crippen LogP contribution in [0.3, 0.4) is 0 Å². The van der Waals surface area contributed by atoms with E-state index in [1.54, 1.807) is 26.1 Å². The summed E-state index contributed by atoms with van der Waals surface area (Å²) in [4.78, 5) is 17.4. The van der Waals surface area contributed by atoms with Gasteiger partial charge in [-0.1, -0.05) is 12.8 Å². The largest absolute Gasteiger partial charge is 0.383 e. The summed E-state index contributed by atoms with van der Waals surface area (Å²) < 4.78 is 5.01. The molecule has 6 heteroatoms. The number of nitrogens with zero attached hydrogens (tertiary/aromatic N) is 2. The molecule has 0 aromatic heterocycles. The standard InChI is InChI=1S/C13H26N4O2/c1-17(2)12(18)10-15-13(14-8-9-19-3)16-11-6-4-5-7-11/h11H,4-10H2,1-3H3,(H2,14,15,16). The normalized spacial score (nSPS) is 16.5. The van der Waals surface area contributed by atoms with E-state index in [4.69, 9.17) is 4.74 Å². The zero-order valence-corrected chi connectivity index (χ0v) is 12.2. The molecule has 1 saturated carbocycles. The zero-order valence-electron chi connectivity index (χ0n) is 12.2. The molecule has 0 heterocycles. The second-order valence-electron chi connectivity index (χ2n) is 5.00. The van der Waals surface area contributed by atoms with Crippen LogP contribution >= 0.6 is 0 Å². The van der Waals surface area contributed by atoms with Crippen LogP contribution in [0, 0.1) is 0 Å². The summed E-state index contributed by atoms with van der Waals surface area (Å²) >= 11 is 0. The molecule has 0 spiro atoms. The first-order chi connectivity index (χ1) is 9.13. The van der Waals surface area contributed by atoms with Crippen molar-refractivity contribution in [3.63, 3.8) is 0 Å². The Hall–Kier alpha value is -1.30. The number of ether oxygens (including phenoxy) is 1. The van der Waals surface area contributed by atoms with E-state index in [9.17, 15) is 4.79 Å². The van der Waals surface area contributed by atoms with E-state index < -0.39 is 0 Å². The Bertz CT molecular complexity index is 299. The fraction of sp³-hybridized carbons (Fsp3) is 0.846. The average Bonchev–Trinajstić information content (AvgIpc) is 2.88. The first-order valence-electron chi connectivity index (χ1n) is 6.87. The monoisotopic (exact) mass is 270 g/mol. The van der Waals surface area contributed by atoms with Crippen LogP contribution in [0.25, 0.3) is 0 Å². The van der Waals surface area contributed by atoms with Crippen molar-refractivity contribution in [3.8, 4) is 0 Å². The number of rotatable bonds is 6. The maximum absolute atomic E-state index is 11.6. The van der Waals surface area contributed by atoms with Crippen molar-refractivity contribution in [2.45, 2.75) is 31.7 Å². The number of carbonyl (C=O) groups is 1. The first kappa shape index (κ1) is 15.8. The Labute approximate surface area is 115 Å². The van der Waals surface area contributed by atoms with E-state index in [1.807, 2.05) is 0 Å². The van der Waals surface area contributed by atoms with Crippen LogP contribution in [0.15, 0.2) is 4.99 Å². The number of methoxy groups -OCH3 is 1. The van der Waals surface area contributed by atoms with E-state index in [-0.39, 0.29) is 12.5 Å². The number of likely N-dealkylation sites (N-methyl/N-ethyl adjacent to an activating group) is 1. The van der Waals surface area contributed by atoms with Gasteiger partial charge in [0.1, 0.15) is 6.54 Å². The van der Waals surface area contributed by atoms with Gasteiger partial charge in [0.05, 0.1) is 6.61 Å². The fourth-order valence-corrected chi connectivity index (χ4v) is 1.98. The highest BCUT2D eigenvalue weighted by molar-refractivity contribution is 5.84. The molecular formula is C13H26N4O2. The number of nitrogens with one attached hydrogen (secondary N) is 2. The van der Waals surface area contributed by atoms with Crippen LogP contribution in [-0.2, 0) is 9.53 Å². The maximum atomic E-state index is 11.6. The second-order valence-corrected chi connectivity index (χ2v) is 5.00. The van der Waals surface area contributed by atoms with Gasteiger partial charge in [0.2, 0.25) is 5.91 Å². The molecule has 0 atom stereocenters. The van der Waals surface area contributed by atoms with Gasteiger partial charge in [-0.25, -0.2) is 4.99 Å². The Balaban J connectivity index is 2.46. The van der Waals surface area contributed by atoms with Gasteiger partial charge >= 0.3 is 0 Å². The molecule has 110 valence electrons. The van der Waals surface area contributed by atoms with Crippen LogP contribution in [0.1, 0.15) is 25.7 Å². The minimum atomic E-state index is -0.000682. The lowest BCUT2D eigenvalue weighted by Crippen LogP contribution is -2.44. The summed E-state index contributed by atoms with van der Waals surface area (Å²) in [5.41, 5.74) is 0. The number of carbonyl (C=O) groups excluding carboxylic acids is 1. The van der Waals surface area contributed by atoms with Gasteiger partial charge in [0.15, 0.2) is 5.96 Å². The van der Waals surface area contributed by atoms with Crippen molar-refractivity contribution in [1.29, 1.82) is 0 Å². The van der Waals surface area contributed by atoms with E-state index >= 15 is 0 Å². The van der Waals surface area contributed by atoms with E-state index in [0.717, 1.165) is 0 Å². The molecule has 1 aliphatic rings. The molecule has 0 saturated heterocycles. The van der Waals surface area contributed by atoms with Crippen LogP contribution < -0.4 is 10.6 Å². The predicted molar refractivity (Wildman–Crippen MR) is 76.3 cm³/mol. The molecule has 0 aromatic carbocycles. The highest BCUT2D eigenvalue weighted by Gasteiger charge is 2.16. The zero-order chi connectivity index (χ0) is 14.1. The number of hydrogen-bond donors (Lipinski definition) is 2. The Morgan fingerprint density at radius 1 is 1.37 bits per heavy atom. The molecule has 0 aliphatic heterocycles. The predicted octanol–water partition coefficient (Wildman–Crippen LogP) is 0.199. The molecule has 19 heavy (non-hydrogen) atoms. The number of guanidine groups is 1. The smallest absolute Gasteiger partial charge is 0.243 e. The quantitative estimate of drug-likeness (QED) is 0.411. The van der Waals surface area contributed by atoms with Gasteiger partial charge in [-0.2, -0.15) is 0 Å². The van der Waals surface area contributed by atoms with Crippen LogP contribution in [0.4, 0.5) is 0 Å². The van der Waals surface area contributed by atoms with E-state index in [1.165, 1.54) is 25.7 Å². The summed E-state index contributed by atoms with van der Waals surface area (Å²) in [6.45, 7) is 1.47. The van der Waals surface area contributed by atoms with Gasteiger partial charge < -0.3 is 20.3 Å². The van der Waals surface area contributed by atoms with Gasteiger partial charge in [-0.05, 0) is 12.8 Å². The molecular weight excluding hydrogens is 244 g/mol. The Kier molecular flexibility index (Phi) is 7.25. The second kappa shape index (κ2) is 8.74. The molecule has 1 amide bonds. The lowest BCUT2D eigenvalue weighted by molar-refractivity contribution is -0.127. The third-order valence-corrected chi connectivity index (χ3v) is 3.17. The van der Waals surface area contributed by atoms with Gasteiger partial charge in [-0.15, -0.1) is 0 Å². The topological polar surface area (TPSA) is 66.0 Å². The van der Waals surface area contributed by atoms with E-state index in [2.05, 4.69) is 15.6 Å². The highest BCUT2D eigenvalue weighted by Crippen LogP contribution is 2.17. The third kappa shape index (κ3) is 6.42. The maximum Gasteiger partial charge on any atom is 0.243 e. The number of amides is 1. The first-order valence-corrected chi connectivity index (χ1v) is 6.87. The lowest BCUT2D eigenvalue weighted by atomic mass is 10.2. The molecule has 0 radical (unpaired) electrons. The fourth-order valence-electron chi connectivity index (χ4n) is 1.98. The van der Waals surface area contributed by atoms with Gasteiger partial charge in [0, 0.05) is 33.8 Å². The Morgan fingerprint density at radius 2 is 2.05 bits per heavy atom. The lowest BCUT2D eigenvalue weighted by Gasteiger charge is -2.17. The van der Waals surface area contributed by atoms with Gasteiger partial charge in [0.25, 0.3) is 0 Å².